The molecule has 1 fully saturated rings. The van der Waals surface area contributed by atoms with E-state index in [9.17, 15) is 18.0 Å². The van der Waals surface area contributed by atoms with Gasteiger partial charge in [0.25, 0.3) is 0 Å². The van der Waals surface area contributed by atoms with Crippen LogP contribution in [-0.4, -0.2) is 15.6 Å². The number of anilines is 1. The van der Waals surface area contributed by atoms with Gasteiger partial charge in [0.05, 0.1) is 16.1 Å². The van der Waals surface area contributed by atoms with Crippen LogP contribution in [0.15, 0.2) is 40.7 Å². The highest BCUT2D eigenvalue weighted by molar-refractivity contribution is 6.32. The number of aromatic nitrogens is 2. The molecule has 0 amide bonds. The van der Waals surface area contributed by atoms with Crippen molar-refractivity contribution in [2.24, 2.45) is 0 Å². The SMILES string of the molecule is C=C/C(Cl)=C/n1c(=O)nc(NC2CC2)c2ccc(C(F)(F)F)cc21. The molecular weight excluding hydrogens is 343 g/mol. The Balaban J connectivity index is 2.29. The Bertz CT molecular complexity index is 898. The minimum atomic E-state index is -4.52. The summed E-state index contributed by atoms with van der Waals surface area (Å²) in [5.74, 6) is 0.283. The van der Waals surface area contributed by atoms with Crippen molar-refractivity contribution in [2.75, 3.05) is 5.32 Å². The summed E-state index contributed by atoms with van der Waals surface area (Å²) in [7, 11) is 0. The summed E-state index contributed by atoms with van der Waals surface area (Å²) in [5.41, 5.74) is -1.49. The number of allylic oxidation sites excluding steroid dienone is 2. The van der Waals surface area contributed by atoms with Crippen LogP contribution in [0.5, 0.6) is 0 Å². The van der Waals surface area contributed by atoms with Crippen molar-refractivity contribution in [2.45, 2.75) is 25.1 Å². The van der Waals surface area contributed by atoms with Gasteiger partial charge in [-0.2, -0.15) is 18.2 Å². The van der Waals surface area contributed by atoms with Gasteiger partial charge in [-0.1, -0.05) is 18.2 Å². The van der Waals surface area contributed by atoms with Crippen LogP contribution in [0.25, 0.3) is 17.1 Å². The van der Waals surface area contributed by atoms with Crippen LogP contribution in [0.1, 0.15) is 18.4 Å². The number of alkyl halides is 3. The Hall–Kier alpha value is -2.28. The zero-order valence-corrected chi connectivity index (χ0v) is 13.2. The van der Waals surface area contributed by atoms with Gasteiger partial charge in [0.1, 0.15) is 5.82 Å². The monoisotopic (exact) mass is 355 g/mol. The van der Waals surface area contributed by atoms with Gasteiger partial charge in [-0.3, -0.25) is 4.57 Å². The minimum absolute atomic E-state index is 0.0768. The summed E-state index contributed by atoms with van der Waals surface area (Å²) in [6.07, 6.45) is -0.157. The lowest BCUT2D eigenvalue weighted by atomic mass is 10.1. The fraction of sp³-hybridized carbons (Fsp3) is 0.250. The van der Waals surface area contributed by atoms with Gasteiger partial charge >= 0.3 is 11.9 Å². The van der Waals surface area contributed by atoms with E-state index in [1.54, 1.807) is 0 Å². The molecule has 126 valence electrons. The van der Waals surface area contributed by atoms with Crippen molar-refractivity contribution in [3.63, 3.8) is 0 Å². The molecule has 1 aliphatic carbocycles. The van der Waals surface area contributed by atoms with E-state index in [4.69, 9.17) is 11.6 Å². The van der Waals surface area contributed by atoms with Crippen molar-refractivity contribution in [3.05, 3.63) is 51.9 Å². The third kappa shape index (κ3) is 3.31. The zero-order valence-electron chi connectivity index (χ0n) is 12.4. The quantitative estimate of drug-likeness (QED) is 0.836. The lowest BCUT2D eigenvalue weighted by Crippen LogP contribution is -2.22. The first-order valence-electron chi connectivity index (χ1n) is 7.19. The van der Waals surface area contributed by atoms with E-state index in [1.165, 1.54) is 18.3 Å². The fourth-order valence-corrected chi connectivity index (χ4v) is 2.35. The lowest BCUT2D eigenvalue weighted by molar-refractivity contribution is -0.137. The summed E-state index contributed by atoms with van der Waals surface area (Å²) in [5, 5.41) is 3.60. The van der Waals surface area contributed by atoms with Crippen molar-refractivity contribution in [1.29, 1.82) is 0 Å². The predicted molar refractivity (Wildman–Crippen MR) is 88.0 cm³/mol. The topological polar surface area (TPSA) is 46.9 Å². The highest BCUT2D eigenvalue weighted by Crippen LogP contribution is 2.33. The molecule has 1 aromatic heterocycles. The number of hydrogen-bond donors (Lipinski definition) is 1. The van der Waals surface area contributed by atoms with E-state index < -0.39 is 17.4 Å². The Morgan fingerprint density at radius 2 is 2.12 bits per heavy atom. The van der Waals surface area contributed by atoms with Gasteiger partial charge < -0.3 is 5.32 Å². The van der Waals surface area contributed by atoms with E-state index in [1.807, 2.05) is 0 Å². The Kier molecular flexibility index (Phi) is 4.13. The Morgan fingerprint density at radius 3 is 2.71 bits per heavy atom. The number of nitrogens with zero attached hydrogens (tertiary/aromatic N) is 2. The molecule has 1 N–H and O–H groups in total. The van der Waals surface area contributed by atoms with Gasteiger partial charge in [-0.25, -0.2) is 4.79 Å². The Labute approximate surface area is 140 Å². The number of fused-ring (bicyclic) bond motifs is 1. The maximum Gasteiger partial charge on any atom is 0.416 e. The van der Waals surface area contributed by atoms with Crippen LogP contribution in [0.4, 0.5) is 19.0 Å². The molecule has 24 heavy (non-hydrogen) atoms. The minimum Gasteiger partial charge on any atom is -0.367 e. The van der Waals surface area contributed by atoms with Crippen LogP contribution in [0.2, 0.25) is 0 Å². The normalized spacial score (nSPS) is 15.6. The summed E-state index contributed by atoms with van der Waals surface area (Å²) < 4.78 is 40.1. The molecule has 1 aromatic carbocycles. The van der Waals surface area contributed by atoms with Gasteiger partial charge in [0.15, 0.2) is 0 Å². The first kappa shape index (κ1) is 16.6. The number of benzene rings is 1. The molecule has 0 radical (unpaired) electrons. The van der Waals surface area contributed by atoms with Crippen molar-refractivity contribution in [1.82, 2.24) is 9.55 Å². The number of rotatable bonds is 4. The van der Waals surface area contributed by atoms with Gasteiger partial charge in [-0.15, -0.1) is 0 Å². The van der Waals surface area contributed by atoms with Crippen LogP contribution in [0.3, 0.4) is 0 Å². The molecule has 0 bridgehead atoms. The van der Waals surface area contributed by atoms with Gasteiger partial charge in [0, 0.05) is 17.6 Å². The van der Waals surface area contributed by atoms with Crippen LogP contribution < -0.4 is 11.0 Å². The standard InChI is InChI=1S/C16H13ClF3N3O/c1-2-10(17)8-23-13-7-9(16(18,19)20)3-6-12(13)14(22-15(23)24)21-11-4-5-11/h2-3,6-8,11H,1,4-5H2,(H,21,22,24)/b10-8-. The Morgan fingerprint density at radius 1 is 1.42 bits per heavy atom. The van der Waals surface area contributed by atoms with Crippen LogP contribution in [-0.2, 0) is 6.18 Å². The predicted octanol–water partition coefficient (Wildman–Crippen LogP) is 4.21. The highest BCUT2D eigenvalue weighted by Gasteiger charge is 2.31. The molecule has 0 saturated heterocycles. The molecule has 0 spiro atoms. The molecular formula is C16H13ClF3N3O. The fourth-order valence-electron chi connectivity index (χ4n) is 2.25. The largest absolute Gasteiger partial charge is 0.416 e. The summed E-state index contributed by atoms with van der Waals surface area (Å²) in [6.45, 7) is 3.46. The lowest BCUT2D eigenvalue weighted by Gasteiger charge is -2.13. The second-order valence-electron chi connectivity index (χ2n) is 5.48. The van der Waals surface area contributed by atoms with E-state index >= 15 is 0 Å². The number of halogens is 4. The third-order valence-corrected chi connectivity index (χ3v) is 3.87. The van der Waals surface area contributed by atoms with E-state index in [0.717, 1.165) is 29.5 Å². The first-order valence-corrected chi connectivity index (χ1v) is 7.57. The molecule has 0 atom stereocenters. The molecule has 2 aromatic rings. The summed E-state index contributed by atoms with van der Waals surface area (Å²) in [4.78, 5) is 16.2. The summed E-state index contributed by atoms with van der Waals surface area (Å²) >= 11 is 5.85. The zero-order chi connectivity index (χ0) is 17.5. The molecule has 3 rings (SSSR count). The van der Waals surface area contributed by atoms with E-state index in [0.29, 0.717) is 5.39 Å². The van der Waals surface area contributed by atoms with Gasteiger partial charge in [-0.05, 0) is 37.1 Å². The van der Waals surface area contributed by atoms with Crippen molar-refractivity contribution in [3.8, 4) is 0 Å². The van der Waals surface area contributed by atoms with Crippen LogP contribution in [0, 0.1) is 0 Å². The maximum absolute atomic E-state index is 13.0. The number of hydrogen-bond acceptors (Lipinski definition) is 3. The van der Waals surface area contributed by atoms with E-state index in [-0.39, 0.29) is 22.4 Å². The molecule has 4 nitrogen and oxygen atoms in total. The number of nitrogens with one attached hydrogen (secondary N) is 1. The molecule has 1 saturated carbocycles. The molecule has 1 heterocycles. The smallest absolute Gasteiger partial charge is 0.367 e. The van der Waals surface area contributed by atoms with Crippen LogP contribution >= 0.6 is 11.6 Å². The third-order valence-electron chi connectivity index (χ3n) is 3.62. The van der Waals surface area contributed by atoms with Gasteiger partial charge in [0.2, 0.25) is 0 Å². The van der Waals surface area contributed by atoms with E-state index in [2.05, 4.69) is 16.9 Å². The second kappa shape index (κ2) is 5.98. The second-order valence-corrected chi connectivity index (χ2v) is 5.92. The first-order chi connectivity index (χ1) is 11.3. The molecule has 1 aliphatic rings. The maximum atomic E-state index is 13.0. The highest BCUT2D eigenvalue weighted by atomic mass is 35.5. The van der Waals surface area contributed by atoms with Crippen molar-refractivity contribution < 1.29 is 13.2 Å². The molecule has 0 aliphatic heterocycles. The average Bonchev–Trinajstić information content (AvgIpc) is 3.33. The molecule has 0 unspecified atom stereocenters. The average molecular weight is 356 g/mol. The summed E-state index contributed by atoms with van der Waals surface area (Å²) in [6, 6.07) is 3.39. The molecule has 8 heteroatoms. The van der Waals surface area contributed by atoms with Crippen molar-refractivity contribution >= 4 is 34.5 Å².